The molecule has 0 bridgehead atoms. The van der Waals surface area contributed by atoms with E-state index in [1.807, 2.05) is 0 Å². The molecule has 0 unspecified atom stereocenters. The molecule has 0 aromatic heterocycles. The Hall–Kier alpha value is -1.69. The minimum Gasteiger partial charge on any atom is -0.258 e. The molecule has 15 heavy (non-hydrogen) atoms. The maximum absolute atomic E-state index is 11.5. The number of nitrogens with zero attached hydrogens (tertiary/aromatic N) is 1. The molecule has 0 radical (unpaired) electrons. The van der Waals surface area contributed by atoms with Crippen molar-refractivity contribution in [2.45, 2.75) is 4.90 Å². The van der Waals surface area contributed by atoms with Crippen molar-refractivity contribution < 1.29 is 13.3 Å². The zero-order chi connectivity index (χ0) is 11.5. The van der Waals surface area contributed by atoms with E-state index in [1.165, 1.54) is 24.3 Å². The van der Waals surface area contributed by atoms with E-state index < -0.39 is 14.8 Å². The maximum Gasteiger partial charge on any atom is 0.270 e. The lowest BCUT2D eigenvalue weighted by Gasteiger charge is -2.00. The van der Waals surface area contributed by atoms with Crippen LogP contribution < -0.4 is 0 Å². The highest BCUT2D eigenvalue weighted by atomic mass is 32.2. The smallest absolute Gasteiger partial charge is 0.258 e. The second kappa shape index (κ2) is 4.22. The standard InChI is InChI=1S/C9H9NO4S/c1-2-6-15(13,14)9-5-3-4-8(7-9)10(11)12/h2-5,7H,1,6H2. The maximum atomic E-state index is 11.5. The van der Waals surface area contributed by atoms with Crippen LogP contribution in [-0.4, -0.2) is 19.1 Å². The lowest BCUT2D eigenvalue weighted by atomic mass is 10.3. The van der Waals surface area contributed by atoms with Gasteiger partial charge in [-0.15, -0.1) is 6.58 Å². The van der Waals surface area contributed by atoms with Crippen molar-refractivity contribution in [3.8, 4) is 0 Å². The summed E-state index contributed by atoms with van der Waals surface area (Å²) in [5.41, 5.74) is -0.236. The van der Waals surface area contributed by atoms with Gasteiger partial charge < -0.3 is 0 Å². The SMILES string of the molecule is C=CCS(=O)(=O)c1cccc([N+](=O)[O-])c1. The molecule has 0 saturated carbocycles. The van der Waals surface area contributed by atoms with Crippen molar-refractivity contribution in [3.05, 3.63) is 47.0 Å². The Balaban J connectivity index is 3.22. The predicted octanol–water partition coefficient (Wildman–Crippen LogP) is 1.55. The van der Waals surface area contributed by atoms with Gasteiger partial charge in [0.05, 0.1) is 15.6 Å². The van der Waals surface area contributed by atoms with Gasteiger partial charge in [-0.25, -0.2) is 8.42 Å². The highest BCUT2D eigenvalue weighted by Crippen LogP contribution is 2.18. The van der Waals surface area contributed by atoms with Crippen molar-refractivity contribution >= 4 is 15.5 Å². The fraction of sp³-hybridized carbons (Fsp3) is 0.111. The third-order valence-corrected chi connectivity index (χ3v) is 3.37. The largest absolute Gasteiger partial charge is 0.270 e. The molecule has 0 aliphatic rings. The van der Waals surface area contributed by atoms with Gasteiger partial charge in [-0.05, 0) is 6.07 Å². The summed E-state index contributed by atoms with van der Waals surface area (Å²) in [4.78, 5) is 9.74. The monoisotopic (exact) mass is 227 g/mol. The van der Waals surface area contributed by atoms with Crippen molar-refractivity contribution in [1.29, 1.82) is 0 Å². The summed E-state index contributed by atoms with van der Waals surface area (Å²) in [6.45, 7) is 3.32. The summed E-state index contributed by atoms with van der Waals surface area (Å²) >= 11 is 0. The Morgan fingerprint density at radius 3 is 2.67 bits per heavy atom. The van der Waals surface area contributed by atoms with Crippen molar-refractivity contribution in [2.75, 3.05) is 5.75 Å². The fourth-order valence-electron chi connectivity index (χ4n) is 1.04. The van der Waals surface area contributed by atoms with E-state index in [1.54, 1.807) is 0 Å². The van der Waals surface area contributed by atoms with Gasteiger partial charge in [0.25, 0.3) is 5.69 Å². The van der Waals surface area contributed by atoms with Crippen LogP contribution in [0.25, 0.3) is 0 Å². The zero-order valence-electron chi connectivity index (χ0n) is 7.79. The average Bonchev–Trinajstić information content (AvgIpc) is 2.18. The van der Waals surface area contributed by atoms with Crippen LogP contribution in [0.4, 0.5) is 5.69 Å². The van der Waals surface area contributed by atoms with Gasteiger partial charge in [0.2, 0.25) is 0 Å². The third-order valence-electron chi connectivity index (χ3n) is 1.72. The Labute approximate surface area is 87.1 Å². The van der Waals surface area contributed by atoms with Crippen LogP contribution in [0, 0.1) is 10.1 Å². The molecule has 0 fully saturated rings. The molecule has 5 nitrogen and oxygen atoms in total. The first-order valence-corrected chi connectivity index (χ1v) is 5.71. The molecule has 1 rings (SSSR count). The van der Waals surface area contributed by atoms with Gasteiger partial charge in [-0.1, -0.05) is 12.1 Å². The summed E-state index contributed by atoms with van der Waals surface area (Å²) in [6, 6.07) is 4.95. The quantitative estimate of drug-likeness (QED) is 0.444. The van der Waals surface area contributed by atoms with E-state index in [-0.39, 0.29) is 16.3 Å². The Kier molecular flexibility index (Phi) is 3.21. The van der Waals surface area contributed by atoms with Crippen LogP contribution in [0.1, 0.15) is 0 Å². The minimum atomic E-state index is -3.49. The molecule has 0 spiro atoms. The predicted molar refractivity (Wildman–Crippen MR) is 55.3 cm³/mol. The van der Waals surface area contributed by atoms with E-state index in [0.717, 1.165) is 6.07 Å². The van der Waals surface area contributed by atoms with E-state index >= 15 is 0 Å². The van der Waals surface area contributed by atoms with Crippen LogP contribution in [0.15, 0.2) is 41.8 Å². The lowest BCUT2D eigenvalue weighted by Crippen LogP contribution is -2.04. The average molecular weight is 227 g/mol. The zero-order valence-corrected chi connectivity index (χ0v) is 8.61. The number of hydrogen-bond donors (Lipinski definition) is 0. The first-order valence-electron chi connectivity index (χ1n) is 4.05. The third kappa shape index (κ3) is 2.63. The lowest BCUT2D eigenvalue weighted by molar-refractivity contribution is -0.385. The normalized spacial score (nSPS) is 10.9. The van der Waals surface area contributed by atoms with Crippen LogP contribution >= 0.6 is 0 Å². The summed E-state index contributed by atoms with van der Waals surface area (Å²) in [7, 11) is -3.49. The van der Waals surface area contributed by atoms with E-state index in [9.17, 15) is 18.5 Å². The Morgan fingerprint density at radius 2 is 2.13 bits per heavy atom. The molecule has 0 aliphatic heterocycles. The number of rotatable bonds is 4. The topological polar surface area (TPSA) is 77.3 Å². The summed E-state index contributed by atoms with van der Waals surface area (Å²) in [6.07, 6.45) is 1.24. The van der Waals surface area contributed by atoms with Crippen LogP contribution in [0.2, 0.25) is 0 Å². The number of non-ortho nitro benzene ring substituents is 1. The van der Waals surface area contributed by atoms with E-state index in [0.29, 0.717) is 0 Å². The number of benzene rings is 1. The molecule has 1 aromatic carbocycles. The highest BCUT2D eigenvalue weighted by molar-refractivity contribution is 7.91. The first kappa shape index (κ1) is 11.4. The molecular weight excluding hydrogens is 218 g/mol. The molecule has 0 heterocycles. The van der Waals surface area contributed by atoms with E-state index in [2.05, 4.69) is 6.58 Å². The molecule has 0 aliphatic carbocycles. The van der Waals surface area contributed by atoms with Gasteiger partial charge in [0.1, 0.15) is 0 Å². The van der Waals surface area contributed by atoms with Crippen molar-refractivity contribution in [1.82, 2.24) is 0 Å². The number of hydrogen-bond acceptors (Lipinski definition) is 4. The summed E-state index contributed by atoms with van der Waals surface area (Å²) < 4.78 is 23.0. The number of nitro benzene ring substituents is 1. The van der Waals surface area contributed by atoms with Crippen molar-refractivity contribution in [3.63, 3.8) is 0 Å². The van der Waals surface area contributed by atoms with E-state index in [4.69, 9.17) is 0 Å². The van der Waals surface area contributed by atoms with Gasteiger partial charge in [0.15, 0.2) is 9.84 Å². The Morgan fingerprint density at radius 1 is 1.47 bits per heavy atom. The van der Waals surface area contributed by atoms with Gasteiger partial charge >= 0.3 is 0 Å². The Bertz CT molecular complexity index is 493. The van der Waals surface area contributed by atoms with Gasteiger partial charge in [-0.3, -0.25) is 10.1 Å². The van der Waals surface area contributed by atoms with Crippen LogP contribution in [0.3, 0.4) is 0 Å². The molecule has 0 amide bonds. The summed E-state index contributed by atoms with van der Waals surface area (Å²) in [5, 5.41) is 10.4. The molecular formula is C9H9NO4S. The van der Waals surface area contributed by atoms with Crippen LogP contribution in [0.5, 0.6) is 0 Å². The second-order valence-corrected chi connectivity index (χ2v) is 4.86. The minimum absolute atomic E-state index is 0.0587. The molecule has 6 heteroatoms. The fourth-order valence-corrected chi connectivity index (χ4v) is 2.13. The number of sulfone groups is 1. The molecule has 0 atom stereocenters. The van der Waals surface area contributed by atoms with Crippen LogP contribution in [-0.2, 0) is 9.84 Å². The molecule has 0 saturated heterocycles. The number of nitro groups is 1. The first-order chi connectivity index (χ1) is 6.97. The van der Waals surface area contributed by atoms with Crippen molar-refractivity contribution in [2.24, 2.45) is 0 Å². The van der Waals surface area contributed by atoms with Gasteiger partial charge in [-0.2, -0.15) is 0 Å². The molecule has 0 N–H and O–H groups in total. The molecule has 1 aromatic rings. The molecule has 80 valence electrons. The second-order valence-electron chi connectivity index (χ2n) is 2.82. The summed E-state index contributed by atoms with van der Waals surface area (Å²) in [5.74, 6) is -0.228. The van der Waals surface area contributed by atoms with Gasteiger partial charge in [0, 0.05) is 12.1 Å². The highest BCUT2D eigenvalue weighted by Gasteiger charge is 2.15.